The molecule has 0 unspecified atom stereocenters. The Morgan fingerprint density at radius 3 is 2.09 bits per heavy atom. The van der Waals surface area contributed by atoms with Crippen molar-refractivity contribution in [2.45, 2.75) is 76.7 Å². The molecular formula is C18H28N2OS. The van der Waals surface area contributed by atoms with Crippen molar-refractivity contribution >= 4 is 23.2 Å². The molecule has 0 aromatic heterocycles. The minimum Gasteiger partial charge on any atom is -0.360 e. The van der Waals surface area contributed by atoms with E-state index in [-0.39, 0.29) is 5.91 Å². The lowest BCUT2D eigenvalue weighted by Crippen LogP contribution is -2.50. The van der Waals surface area contributed by atoms with Gasteiger partial charge in [0.25, 0.3) is 0 Å². The molecule has 0 aromatic carbocycles. The summed E-state index contributed by atoms with van der Waals surface area (Å²) in [6.45, 7) is 0. The topological polar surface area (TPSA) is 41.1 Å². The Bertz CT molecular complexity index is 434. The predicted molar refractivity (Wildman–Crippen MR) is 91.4 cm³/mol. The second-order valence-electron chi connectivity index (χ2n) is 8.60. The number of amides is 1. The van der Waals surface area contributed by atoms with E-state index in [0.717, 1.165) is 17.8 Å². The SMILES string of the molecule is O=C(CC12CC3CC(CC(C3)C1)C2)NC(=S)NC1CCCC1. The van der Waals surface area contributed by atoms with E-state index in [2.05, 4.69) is 10.6 Å². The number of nitrogens with one attached hydrogen (secondary N) is 2. The highest BCUT2D eigenvalue weighted by molar-refractivity contribution is 7.80. The van der Waals surface area contributed by atoms with E-state index in [1.54, 1.807) is 0 Å². The molecule has 0 spiro atoms. The van der Waals surface area contributed by atoms with Gasteiger partial charge in [-0.1, -0.05) is 12.8 Å². The fraction of sp³-hybridized carbons (Fsp3) is 0.889. The minimum absolute atomic E-state index is 0.150. The first-order valence-corrected chi connectivity index (χ1v) is 9.61. The van der Waals surface area contributed by atoms with Gasteiger partial charge in [0.05, 0.1) is 0 Å². The van der Waals surface area contributed by atoms with E-state index in [1.165, 1.54) is 64.2 Å². The van der Waals surface area contributed by atoms with E-state index >= 15 is 0 Å². The normalized spacial score (nSPS) is 39.9. The van der Waals surface area contributed by atoms with Gasteiger partial charge in [0.15, 0.2) is 5.11 Å². The molecule has 5 rings (SSSR count). The number of thiocarbonyl (C=S) groups is 1. The lowest BCUT2D eigenvalue weighted by molar-refractivity contribution is -0.128. The zero-order valence-electron chi connectivity index (χ0n) is 13.4. The zero-order valence-corrected chi connectivity index (χ0v) is 14.2. The van der Waals surface area contributed by atoms with E-state index < -0.39 is 0 Å². The fourth-order valence-electron chi connectivity index (χ4n) is 6.31. The smallest absolute Gasteiger partial charge is 0.226 e. The second-order valence-corrected chi connectivity index (χ2v) is 9.01. The van der Waals surface area contributed by atoms with Gasteiger partial charge < -0.3 is 10.6 Å². The van der Waals surface area contributed by atoms with Crippen LogP contribution < -0.4 is 10.6 Å². The molecule has 5 fully saturated rings. The van der Waals surface area contributed by atoms with Crippen LogP contribution in [0.15, 0.2) is 0 Å². The number of hydrogen-bond donors (Lipinski definition) is 2. The Morgan fingerprint density at radius 2 is 1.55 bits per heavy atom. The summed E-state index contributed by atoms with van der Waals surface area (Å²) in [6, 6.07) is 0.479. The van der Waals surface area contributed by atoms with Crippen molar-refractivity contribution in [2.75, 3.05) is 0 Å². The fourth-order valence-corrected chi connectivity index (χ4v) is 6.59. The van der Waals surface area contributed by atoms with Crippen LogP contribution in [0.4, 0.5) is 0 Å². The summed E-state index contributed by atoms with van der Waals surface area (Å²) < 4.78 is 0. The highest BCUT2D eigenvalue weighted by Crippen LogP contribution is 2.61. The molecule has 0 heterocycles. The number of rotatable bonds is 3. The van der Waals surface area contributed by atoms with Crippen LogP contribution in [-0.4, -0.2) is 17.1 Å². The molecule has 5 saturated carbocycles. The summed E-state index contributed by atoms with van der Waals surface area (Å²) in [7, 11) is 0. The molecule has 0 saturated heterocycles. The van der Waals surface area contributed by atoms with Crippen molar-refractivity contribution in [3.05, 3.63) is 0 Å². The van der Waals surface area contributed by atoms with E-state index in [1.807, 2.05) is 0 Å². The third-order valence-electron chi connectivity index (χ3n) is 6.64. The van der Waals surface area contributed by atoms with E-state index in [9.17, 15) is 4.79 Å². The first-order chi connectivity index (χ1) is 10.6. The van der Waals surface area contributed by atoms with Crippen molar-refractivity contribution in [1.29, 1.82) is 0 Å². The summed E-state index contributed by atoms with van der Waals surface area (Å²) >= 11 is 5.33. The molecule has 22 heavy (non-hydrogen) atoms. The number of carbonyl (C=O) groups excluding carboxylic acids is 1. The van der Waals surface area contributed by atoms with Crippen LogP contribution in [0.5, 0.6) is 0 Å². The van der Waals surface area contributed by atoms with Crippen LogP contribution in [0, 0.1) is 23.2 Å². The third kappa shape index (κ3) is 3.04. The standard InChI is InChI=1S/C18H28N2OS/c21-16(20-17(22)19-15-3-1-2-4-15)11-18-8-12-5-13(9-18)7-14(6-12)10-18/h12-15H,1-11H2,(H2,19,20,21,22). The van der Waals surface area contributed by atoms with Gasteiger partial charge in [0.2, 0.25) is 5.91 Å². The van der Waals surface area contributed by atoms with Crippen LogP contribution >= 0.6 is 12.2 Å². The van der Waals surface area contributed by atoms with Gasteiger partial charge in [-0.15, -0.1) is 0 Å². The van der Waals surface area contributed by atoms with Crippen molar-refractivity contribution < 1.29 is 4.79 Å². The molecule has 5 aliphatic rings. The van der Waals surface area contributed by atoms with Crippen LogP contribution in [0.2, 0.25) is 0 Å². The van der Waals surface area contributed by atoms with Crippen LogP contribution in [-0.2, 0) is 4.79 Å². The Morgan fingerprint density at radius 1 is 1.00 bits per heavy atom. The van der Waals surface area contributed by atoms with Crippen molar-refractivity contribution in [2.24, 2.45) is 23.2 Å². The minimum atomic E-state index is 0.150. The quantitative estimate of drug-likeness (QED) is 0.782. The van der Waals surface area contributed by atoms with E-state index in [0.29, 0.717) is 23.0 Å². The number of hydrogen-bond acceptors (Lipinski definition) is 2. The van der Waals surface area contributed by atoms with Crippen LogP contribution in [0.1, 0.15) is 70.6 Å². The number of carbonyl (C=O) groups is 1. The highest BCUT2D eigenvalue weighted by Gasteiger charge is 2.51. The molecule has 0 aliphatic heterocycles. The van der Waals surface area contributed by atoms with Gasteiger partial charge in [0.1, 0.15) is 0 Å². The van der Waals surface area contributed by atoms with Gasteiger partial charge in [-0.3, -0.25) is 4.79 Å². The maximum Gasteiger partial charge on any atom is 0.226 e. The van der Waals surface area contributed by atoms with Crippen LogP contribution in [0.25, 0.3) is 0 Å². The molecule has 4 bridgehead atoms. The Balaban J connectivity index is 1.31. The van der Waals surface area contributed by atoms with Gasteiger partial charge >= 0.3 is 0 Å². The molecular weight excluding hydrogens is 292 g/mol. The van der Waals surface area contributed by atoms with Crippen molar-refractivity contribution in [3.8, 4) is 0 Å². The van der Waals surface area contributed by atoms with Gasteiger partial charge in [-0.05, 0) is 86.8 Å². The molecule has 3 nitrogen and oxygen atoms in total. The van der Waals surface area contributed by atoms with Crippen molar-refractivity contribution in [3.63, 3.8) is 0 Å². The Hall–Kier alpha value is -0.640. The summed E-state index contributed by atoms with van der Waals surface area (Å²) in [5.74, 6) is 2.87. The van der Waals surface area contributed by atoms with Gasteiger partial charge in [-0.25, -0.2) is 0 Å². The average Bonchev–Trinajstić information content (AvgIpc) is 2.88. The molecule has 0 aromatic rings. The lowest BCUT2D eigenvalue weighted by Gasteiger charge is -2.56. The molecule has 2 N–H and O–H groups in total. The summed E-state index contributed by atoms with van der Waals surface area (Å²) in [5, 5.41) is 6.84. The monoisotopic (exact) mass is 320 g/mol. The van der Waals surface area contributed by atoms with E-state index in [4.69, 9.17) is 12.2 Å². The summed E-state index contributed by atoms with van der Waals surface area (Å²) in [4.78, 5) is 12.5. The third-order valence-corrected chi connectivity index (χ3v) is 6.86. The first-order valence-electron chi connectivity index (χ1n) is 9.21. The maximum absolute atomic E-state index is 12.5. The predicted octanol–water partition coefficient (Wildman–Crippen LogP) is 3.53. The lowest BCUT2D eigenvalue weighted by atomic mass is 9.49. The molecule has 0 atom stereocenters. The first kappa shape index (κ1) is 14.9. The molecule has 5 aliphatic carbocycles. The van der Waals surface area contributed by atoms with Crippen LogP contribution in [0.3, 0.4) is 0 Å². The Kier molecular flexibility index (Phi) is 3.91. The van der Waals surface area contributed by atoms with Crippen molar-refractivity contribution in [1.82, 2.24) is 10.6 Å². The second kappa shape index (κ2) is 5.77. The highest BCUT2D eigenvalue weighted by atomic mass is 32.1. The molecule has 0 radical (unpaired) electrons. The van der Waals surface area contributed by atoms with Gasteiger partial charge in [0, 0.05) is 12.5 Å². The summed E-state index contributed by atoms with van der Waals surface area (Å²) in [6.07, 6.45) is 13.8. The van der Waals surface area contributed by atoms with Gasteiger partial charge in [-0.2, -0.15) is 0 Å². The average molecular weight is 321 g/mol. The summed E-state index contributed by atoms with van der Waals surface area (Å²) in [5.41, 5.74) is 0.307. The molecule has 4 heteroatoms. The Labute approximate surface area is 139 Å². The largest absolute Gasteiger partial charge is 0.360 e. The maximum atomic E-state index is 12.5. The molecule has 1 amide bonds. The zero-order chi connectivity index (χ0) is 15.2. The molecule has 122 valence electrons.